The average Bonchev–Trinajstić information content (AvgIpc) is 3.04. The molecule has 2 saturated carbocycles. The number of nitrogens with one attached hydrogen (secondary N) is 1. The Balaban J connectivity index is 1.59. The molecule has 0 radical (unpaired) electrons. The molecule has 0 aromatic carbocycles. The van der Waals surface area contributed by atoms with Gasteiger partial charge in [-0.25, -0.2) is 0 Å². The lowest BCUT2D eigenvalue weighted by atomic mass is 9.84. The summed E-state index contributed by atoms with van der Waals surface area (Å²) >= 11 is 0. The Morgan fingerprint density at radius 1 is 1.24 bits per heavy atom. The van der Waals surface area contributed by atoms with Crippen LogP contribution in [0, 0.1) is 11.8 Å². The van der Waals surface area contributed by atoms with Gasteiger partial charge in [0.2, 0.25) is 5.91 Å². The normalized spacial score (nSPS) is 35.7. The van der Waals surface area contributed by atoms with Crippen LogP contribution in [0.15, 0.2) is 16.7 Å². The fourth-order valence-electron chi connectivity index (χ4n) is 4.78. The van der Waals surface area contributed by atoms with E-state index in [1.54, 1.807) is 6.26 Å². The molecule has 2 heterocycles. The number of hydrogen-bond donors (Lipinski definition) is 1. The highest BCUT2D eigenvalue weighted by Gasteiger charge is 2.41. The Kier molecular flexibility index (Phi) is 3.29. The van der Waals surface area contributed by atoms with E-state index in [1.165, 1.54) is 37.7 Å². The molecule has 4 nitrogen and oxygen atoms in total. The molecule has 3 unspecified atom stereocenters. The molecule has 0 saturated heterocycles. The number of carbonyl (C=O) groups excluding carboxylic acids is 1. The Morgan fingerprint density at radius 3 is 2.71 bits per heavy atom. The van der Waals surface area contributed by atoms with Crippen molar-refractivity contribution in [3.63, 3.8) is 0 Å². The number of carbonyl (C=O) groups is 1. The maximum atomic E-state index is 13.0. The van der Waals surface area contributed by atoms with Gasteiger partial charge in [0.05, 0.1) is 6.26 Å². The summed E-state index contributed by atoms with van der Waals surface area (Å²) in [4.78, 5) is 15.1. The lowest BCUT2D eigenvalue weighted by Crippen LogP contribution is -2.47. The predicted molar refractivity (Wildman–Crippen MR) is 79.8 cm³/mol. The minimum absolute atomic E-state index is 0.206. The zero-order valence-electron chi connectivity index (χ0n) is 12.7. The second kappa shape index (κ2) is 5.16. The van der Waals surface area contributed by atoms with Crippen LogP contribution in [0.1, 0.15) is 49.5 Å². The highest BCUT2D eigenvalue weighted by Crippen LogP contribution is 2.44. The van der Waals surface area contributed by atoms with Crippen LogP contribution >= 0.6 is 0 Å². The first-order valence-electron chi connectivity index (χ1n) is 8.30. The number of likely N-dealkylation sites (N-methyl/N-ethyl adjacent to an activating group) is 1. The van der Waals surface area contributed by atoms with Crippen molar-refractivity contribution >= 4 is 5.91 Å². The van der Waals surface area contributed by atoms with E-state index in [0.29, 0.717) is 6.04 Å². The average molecular weight is 288 g/mol. The van der Waals surface area contributed by atoms with Crippen molar-refractivity contribution in [2.75, 3.05) is 13.6 Å². The second-order valence-corrected chi connectivity index (χ2v) is 6.98. The van der Waals surface area contributed by atoms with Gasteiger partial charge in [-0.3, -0.25) is 4.79 Å². The molecule has 21 heavy (non-hydrogen) atoms. The summed E-state index contributed by atoms with van der Waals surface area (Å²) in [7, 11) is 1.85. The number of fused-ring (bicyclic) bond motifs is 3. The van der Waals surface area contributed by atoms with Gasteiger partial charge in [0, 0.05) is 12.6 Å². The molecule has 1 aliphatic heterocycles. The summed E-state index contributed by atoms with van der Waals surface area (Å²) in [6.07, 6.45) is 9.19. The fraction of sp³-hybridized carbons (Fsp3) is 0.706. The van der Waals surface area contributed by atoms with Crippen molar-refractivity contribution in [1.29, 1.82) is 0 Å². The van der Waals surface area contributed by atoms with Crippen molar-refractivity contribution in [3.8, 4) is 0 Å². The maximum absolute atomic E-state index is 13.0. The first-order chi connectivity index (χ1) is 10.3. The lowest BCUT2D eigenvalue weighted by Gasteiger charge is -2.37. The van der Waals surface area contributed by atoms with Crippen LogP contribution in [-0.4, -0.2) is 30.4 Å². The molecule has 3 atom stereocenters. The second-order valence-electron chi connectivity index (χ2n) is 6.98. The molecule has 1 N–H and O–H groups in total. The highest BCUT2D eigenvalue weighted by molar-refractivity contribution is 5.84. The predicted octanol–water partition coefficient (Wildman–Crippen LogP) is 2.50. The molecule has 1 aromatic heterocycles. The van der Waals surface area contributed by atoms with E-state index < -0.39 is 0 Å². The number of hydrogen-bond acceptors (Lipinski definition) is 3. The van der Waals surface area contributed by atoms with E-state index in [1.807, 2.05) is 13.1 Å². The molecule has 3 aliphatic rings. The monoisotopic (exact) mass is 288 g/mol. The van der Waals surface area contributed by atoms with E-state index in [0.717, 1.165) is 30.6 Å². The largest absolute Gasteiger partial charge is 0.467 e. The minimum atomic E-state index is -0.308. The number of nitrogens with zero attached hydrogens (tertiary/aromatic N) is 1. The molecule has 2 fully saturated rings. The Morgan fingerprint density at radius 2 is 2.00 bits per heavy atom. The molecule has 0 spiro atoms. The third kappa shape index (κ3) is 2.20. The van der Waals surface area contributed by atoms with E-state index in [-0.39, 0.29) is 11.9 Å². The molecule has 1 amide bonds. The SMILES string of the molecule is CNC1C(=O)N(C2CC3CCC(C3)C2)CCc2ccoc21. The Hall–Kier alpha value is -1.29. The van der Waals surface area contributed by atoms with E-state index in [2.05, 4.69) is 10.2 Å². The summed E-state index contributed by atoms with van der Waals surface area (Å²) in [5.74, 6) is 2.74. The molecule has 1 aromatic rings. The van der Waals surface area contributed by atoms with E-state index in [4.69, 9.17) is 4.42 Å². The van der Waals surface area contributed by atoms with E-state index in [9.17, 15) is 4.79 Å². The van der Waals surface area contributed by atoms with Gasteiger partial charge in [-0.1, -0.05) is 12.8 Å². The quantitative estimate of drug-likeness (QED) is 0.909. The van der Waals surface area contributed by atoms with Gasteiger partial charge in [-0.05, 0) is 56.2 Å². The maximum Gasteiger partial charge on any atom is 0.247 e. The van der Waals surface area contributed by atoms with Gasteiger partial charge in [0.15, 0.2) is 0 Å². The minimum Gasteiger partial charge on any atom is -0.467 e. The zero-order chi connectivity index (χ0) is 14.4. The van der Waals surface area contributed by atoms with Crippen LogP contribution in [0.3, 0.4) is 0 Å². The number of rotatable bonds is 2. The fourth-order valence-corrected chi connectivity index (χ4v) is 4.78. The molecular formula is C17H24N2O2. The standard InChI is InChI=1S/C17H24N2O2/c1-18-15-16-13(5-7-21-16)4-6-19(17(15)20)14-9-11-2-3-12(8-11)10-14/h5,7,11-12,14-15,18H,2-4,6,8-10H2,1H3. The first kappa shape index (κ1) is 13.4. The Bertz CT molecular complexity index is 527. The molecule has 4 heteroatoms. The van der Waals surface area contributed by atoms with Crippen LogP contribution in [0.5, 0.6) is 0 Å². The molecular weight excluding hydrogens is 264 g/mol. The van der Waals surface area contributed by atoms with Crippen LogP contribution < -0.4 is 5.32 Å². The smallest absolute Gasteiger partial charge is 0.247 e. The van der Waals surface area contributed by atoms with Gasteiger partial charge < -0.3 is 14.6 Å². The van der Waals surface area contributed by atoms with Crippen molar-refractivity contribution < 1.29 is 9.21 Å². The zero-order valence-corrected chi connectivity index (χ0v) is 12.7. The highest BCUT2D eigenvalue weighted by atomic mass is 16.3. The Labute approximate surface area is 125 Å². The summed E-state index contributed by atoms with van der Waals surface area (Å²) in [6, 6.07) is 2.15. The summed E-state index contributed by atoms with van der Waals surface area (Å²) in [6.45, 7) is 0.841. The van der Waals surface area contributed by atoms with Gasteiger partial charge >= 0.3 is 0 Å². The molecule has 2 aliphatic carbocycles. The molecule has 2 bridgehead atoms. The summed E-state index contributed by atoms with van der Waals surface area (Å²) < 4.78 is 5.59. The first-order valence-corrected chi connectivity index (χ1v) is 8.30. The third-order valence-corrected chi connectivity index (χ3v) is 5.79. The van der Waals surface area contributed by atoms with Crippen LogP contribution in [-0.2, 0) is 11.2 Å². The van der Waals surface area contributed by atoms with Crippen molar-refractivity contribution in [2.24, 2.45) is 11.8 Å². The summed E-state index contributed by atoms with van der Waals surface area (Å²) in [5.41, 5.74) is 1.18. The van der Waals surface area contributed by atoms with E-state index >= 15 is 0 Å². The van der Waals surface area contributed by atoms with Gasteiger partial charge in [0.25, 0.3) is 0 Å². The third-order valence-electron chi connectivity index (χ3n) is 5.79. The lowest BCUT2D eigenvalue weighted by molar-refractivity contribution is -0.137. The van der Waals surface area contributed by atoms with Gasteiger partial charge in [-0.2, -0.15) is 0 Å². The van der Waals surface area contributed by atoms with Crippen molar-refractivity contribution in [1.82, 2.24) is 10.2 Å². The van der Waals surface area contributed by atoms with Crippen molar-refractivity contribution in [2.45, 2.75) is 50.6 Å². The van der Waals surface area contributed by atoms with Crippen LogP contribution in [0.2, 0.25) is 0 Å². The van der Waals surface area contributed by atoms with Crippen LogP contribution in [0.4, 0.5) is 0 Å². The molecule has 4 rings (SSSR count). The number of furan rings is 1. The van der Waals surface area contributed by atoms with Crippen molar-refractivity contribution in [3.05, 3.63) is 23.7 Å². The van der Waals surface area contributed by atoms with Gasteiger partial charge in [-0.15, -0.1) is 0 Å². The molecule has 114 valence electrons. The summed E-state index contributed by atoms with van der Waals surface area (Å²) in [5, 5.41) is 3.16. The van der Waals surface area contributed by atoms with Crippen LogP contribution in [0.25, 0.3) is 0 Å². The topological polar surface area (TPSA) is 45.5 Å². The number of amides is 1. The van der Waals surface area contributed by atoms with Gasteiger partial charge in [0.1, 0.15) is 11.8 Å².